The van der Waals surface area contributed by atoms with E-state index >= 15 is 0 Å². The summed E-state index contributed by atoms with van der Waals surface area (Å²) in [6.07, 6.45) is 0. The summed E-state index contributed by atoms with van der Waals surface area (Å²) in [7, 11) is -0.455. The van der Waals surface area contributed by atoms with E-state index in [2.05, 4.69) is 5.32 Å². The van der Waals surface area contributed by atoms with Gasteiger partial charge in [-0.1, -0.05) is 54.6 Å². The van der Waals surface area contributed by atoms with Crippen molar-refractivity contribution in [1.29, 1.82) is 0 Å². The van der Waals surface area contributed by atoms with Crippen LogP contribution < -0.4 is 5.32 Å². The zero-order valence-electron chi connectivity index (χ0n) is 15.8. The summed E-state index contributed by atoms with van der Waals surface area (Å²) in [5.41, 5.74) is 2.84. The Labute approximate surface area is 165 Å². The Morgan fingerprint density at radius 2 is 1.54 bits per heavy atom. The molecule has 0 spiro atoms. The Balaban J connectivity index is 1.86. The Bertz CT molecular complexity index is 1020. The normalized spacial score (nSPS) is 12.9. The smallest absolute Gasteiger partial charge is 0.242 e. The fraction of sp³-hybridized carbons (Fsp3) is 0.182. The largest absolute Gasteiger partial charge is 0.302 e. The van der Waals surface area contributed by atoms with Crippen LogP contribution in [-0.4, -0.2) is 26.8 Å². The van der Waals surface area contributed by atoms with Crippen molar-refractivity contribution in [2.75, 3.05) is 14.1 Å². The van der Waals surface area contributed by atoms with Crippen LogP contribution in [0.15, 0.2) is 83.8 Å². The molecule has 0 aromatic heterocycles. The van der Waals surface area contributed by atoms with Crippen LogP contribution in [0.1, 0.15) is 22.7 Å². The third-order valence-corrected chi connectivity index (χ3v) is 6.33. The van der Waals surface area contributed by atoms with Crippen LogP contribution in [-0.2, 0) is 16.6 Å². The molecule has 0 amide bonds. The fourth-order valence-electron chi connectivity index (χ4n) is 2.98. The molecule has 3 aromatic carbocycles. The molecule has 0 saturated carbocycles. The van der Waals surface area contributed by atoms with Crippen LogP contribution in [0.25, 0.3) is 0 Å². The molecule has 1 unspecified atom stereocenters. The number of nitrogens with zero attached hydrogens (tertiary/aromatic N) is 1. The molecule has 0 aliphatic carbocycles. The second kappa shape index (κ2) is 8.65. The molecule has 1 atom stereocenters. The lowest BCUT2D eigenvalue weighted by molar-refractivity contribution is 0.520. The van der Waals surface area contributed by atoms with E-state index in [0.717, 1.165) is 16.7 Å². The van der Waals surface area contributed by atoms with E-state index in [1.165, 1.54) is 30.5 Å². The van der Waals surface area contributed by atoms with Gasteiger partial charge in [0.1, 0.15) is 5.82 Å². The SMILES string of the molecule is CN(C)S(=O)(=O)c1cccc(CNC(c2ccccc2)c2ccc(F)cc2)c1. The molecule has 28 heavy (non-hydrogen) atoms. The van der Waals surface area contributed by atoms with Crippen molar-refractivity contribution in [1.82, 2.24) is 9.62 Å². The summed E-state index contributed by atoms with van der Waals surface area (Å²) in [5.74, 6) is -0.280. The highest BCUT2D eigenvalue weighted by Crippen LogP contribution is 2.23. The minimum atomic E-state index is -3.48. The molecule has 1 N–H and O–H groups in total. The molecule has 6 heteroatoms. The number of benzene rings is 3. The quantitative estimate of drug-likeness (QED) is 0.656. The van der Waals surface area contributed by atoms with E-state index in [4.69, 9.17) is 0 Å². The molecule has 146 valence electrons. The van der Waals surface area contributed by atoms with Crippen molar-refractivity contribution in [2.24, 2.45) is 0 Å². The highest BCUT2D eigenvalue weighted by Gasteiger charge is 2.18. The Morgan fingerprint density at radius 3 is 2.18 bits per heavy atom. The molecule has 0 fully saturated rings. The summed E-state index contributed by atoms with van der Waals surface area (Å²) in [4.78, 5) is 0.259. The van der Waals surface area contributed by atoms with Crippen LogP contribution in [0.4, 0.5) is 4.39 Å². The second-order valence-corrected chi connectivity index (χ2v) is 8.86. The van der Waals surface area contributed by atoms with Gasteiger partial charge >= 0.3 is 0 Å². The molecule has 3 rings (SSSR count). The maximum absolute atomic E-state index is 13.3. The summed E-state index contributed by atoms with van der Waals surface area (Å²) in [5, 5.41) is 3.47. The van der Waals surface area contributed by atoms with Crippen molar-refractivity contribution in [3.63, 3.8) is 0 Å². The summed E-state index contributed by atoms with van der Waals surface area (Å²) >= 11 is 0. The number of nitrogens with one attached hydrogen (secondary N) is 1. The lowest BCUT2D eigenvalue weighted by Crippen LogP contribution is -2.24. The lowest BCUT2D eigenvalue weighted by Gasteiger charge is -2.20. The number of halogens is 1. The first-order valence-electron chi connectivity index (χ1n) is 8.93. The van der Waals surface area contributed by atoms with Crippen LogP contribution in [0.5, 0.6) is 0 Å². The molecule has 0 radical (unpaired) electrons. The monoisotopic (exact) mass is 398 g/mol. The molecule has 0 aliphatic heterocycles. The average molecular weight is 399 g/mol. The van der Waals surface area contributed by atoms with E-state index < -0.39 is 10.0 Å². The van der Waals surface area contributed by atoms with E-state index in [1.54, 1.807) is 30.3 Å². The number of hydrogen-bond donors (Lipinski definition) is 1. The minimum Gasteiger partial charge on any atom is -0.302 e. The fourth-order valence-corrected chi connectivity index (χ4v) is 3.95. The highest BCUT2D eigenvalue weighted by atomic mass is 32.2. The third kappa shape index (κ3) is 4.65. The summed E-state index contributed by atoms with van der Waals surface area (Å²) in [6, 6.07) is 23.0. The second-order valence-electron chi connectivity index (χ2n) is 6.71. The average Bonchev–Trinajstić information content (AvgIpc) is 2.70. The van der Waals surface area contributed by atoms with Gasteiger partial charge in [-0.3, -0.25) is 0 Å². The van der Waals surface area contributed by atoms with Crippen molar-refractivity contribution in [3.05, 3.63) is 101 Å². The zero-order valence-corrected chi connectivity index (χ0v) is 16.7. The van der Waals surface area contributed by atoms with Gasteiger partial charge in [0.05, 0.1) is 10.9 Å². The molecule has 0 bridgehead atoms. The predicted octanol–water partition coefficient (Wildman–Crippen LogP) is 3.96. The van der Waals surface area contributed by atoms with Crippen molar-refractivity contribution in [3.8, 4) is 0 Å². The van der Waals surface area contributed by atoms with Crippen LogP contribution in [0.3, 0.4) is 0 Å². The first kappa shape index (κ1) is 20.2. The van der Waals surface area contributed by atoms with E-state index in [0.29, 0.717) is 6.54 Å². The van der Waals surface area contributed by atoms with Crippen LogP contribution >= 0.6 is 0 Å². The van der Waals surface area contributed by atoms with Gasteiger partial charge < -0.3 is 5.32 Å². The molecular weight excluding hydrogens is 375 g/mol. The number of sulfonamides is 1. The summed E-state index contributed by atoms with van der Waals surface area (Å²) < 4.78 is 39.3. The van der Waals surface area contributed by atoms with Gasteiger partial charge in [0.25, 0.3) is 0 Å². The van der Waals surface area contributed by atoms with E-state index in [9.17, 15) is 12.8 Å². The van der Waals surface area contributed by atoms with Gasteiger partial charge in [-0.25, -0.2) is 17.1 Å². The number of rotatable bonds is 7. The molecular formula is C22H23FN2O2S. The third-order valence-electron chi connectivity index (χ3n) is 4.52. The van der Waals surface area contributed by atoms with Gasteiger partial charge in [0, 0.05) is 20.6 Å². The van der Waals surface area contributed by atoms with Gasteiger partial charge in [-0.05, 0) is 41.0 Å². The molecule has 4 nitrogen and oxygen atoms in total. The molecule has 0 aliphatic rings. The Hall–Kier alpha value is -2.54. The zero-order chi connectivity index (χ0) is 20.1. The first-order valence-corrected chi connectivity index (χ1v) is 10.4. The topological polar surface area (TPSA) is 49.4 Å². The lowest BCUT2D eigenvalue weighted by atomic mass is 9.98. The maximum atomic E-state index is 13.3. The van der Waals surface area contributed by atoms with Gasteiger partial charge in [-0.15, -0.1) is 0 Å². The number of hydrogen-bond acceptors (Lipinski definition) is 3. The standard InChI is InChI=1S/C22H23FN2O2S/c1-25(2)28(26,27)21-10-6-7-17(15-21)16-24-22(18-8-4-3-5-9-18)19-11-13-20(23)14-12-19/h3-15,22,24H,16H2,1-2H3. The summed E-state index contributed by atoms with van der Waals surface area (Å²) in [6.45, 7) is 0.466. The van der Waals surface area contributed by atoms with Gasteiger partial charge in [0.15, 0.2) is 0 Å². The van der Waals surface area contributed by atoms with E-state index in [1.807, 2.05) is 36.4 Å². The highest BCUT2D eigenvalue weighted by molar-refractivity contribution is 7.89. The maximum Gasteiger partial charge on any atom is 0.242 e. The van der Waals surface area contributed by atoms with Crippen molar-refractivity contribution >= 4 is 10.0 Å². The molecule has 0 heterocycles. The Morgan fingerprint density at radius 1 is 0.893 bits per heavy atom. The predicted molar refractivity (Wildman–Crippen MR) is 109 cm³/mol. The Kier molecular flexibility index (Phi) is 6.24. The molecule has 0 saturated heterocycles. The first-order chi connectivity index (χ1) is 13.4. The minimum absolute atomic E-state index is 0.143. The van der Waals surface area contributed by atoms with Gasteiger partial charge in [-0.2, -0.15) is 0 Å². The van der Waals surface area contributed by atoms with Crippen molar-refractivity contribution < 1.29 is 12.8 Å². The van der Waals surface area contributed by atoms with Gasteiger partial charge in [0.2, 0.25) is 10.0 Å². The van der Waals surface area contributed by atoms with Crippen molar-refractivity contribution in [2.45, 2.75) is 17.5 Å². The van der Waals surface area contributed by atoms with E-state index in [-0.39, 0.29) is 16.8 Å². The molecule has 3 aromatic rings. The van der Waals surface area contributed by atoms with Crippen LogP contribution in [0, 0.1) is 5.82 Å². The van der Waals surface area contributed by atoms with Crippen LogP contribution in [0.2, 0.25) is 0 Å².